The largest absolute Gasteiger partial charge is 0.444 e. The molecule has 0 saturated heterocycles. The molecule has 4 nitrogen and oxygen atoms in total. The summed E-state index contributed by atoms with van der Waals surface area (Å²) in [6.07, 6.45) is 6.18. The van der Waals surface area contributed by atoms with E-state index in [9.17, 15) is 9.59 Å². The summed E-state index contributed by atoms with van der Waals surface area (Å²) >= 11 is 0. The highest BCUT2D eigenvalue weighted by molar-refractivity contribution is 5.74. The smallest absolute Gasteiger partial charge is 0.410 e. The molecule has 0 heterocycles. The average Bonchev–Trinajstić information content (AvgIpc) is 2.37. The molecule has 1 fully saturated rings. The molecule has 0 aromatic carbocycles. The molecule has 4 heteroatoms. The molecule has 0 aromatic heterocycles. The molecule has 0 bridgehead atoms. The molecule has 1 rings (SSSR count). The topological polar surface area (TPSA) is 46.6 Å². The second kappa shape index (κ2) is 7.81. The Bertz CT molecular complexity index is 340. The molecular formula is C17H31NO3. The van der Waals surface area contributed by atoms with E-state index in [-0.39, 0.29) is 18.1 Å². The fourth-order valence-electron chi connectivity index (χ4n) is 2.95. The third-order valence-corrected chi connectivity index (χ3v) is 3.82. The quantitative estimate of drug-likeness (QED) is 0.720. The van der Waals surface area contributed by atoms with Crippen LogP contribution in [0.15, 0.2) is 0 Å². The summed E-state index contributed by atoms with van der Waals surface area (Å²) in [5, 5.41) is 0. The van der Waals surface area contributed by atoms with Crippen LogP contribution in [0, 0.1) is 11.8 Å². The molecule has 0 aromatic rings. The Balaban J connectivity index is 2.86. The Morgan fingerprint density at radius 3 is 2.24 bits per heavy atom. The van der Waals surface area contributed by atoms with E-state index in [4.69, 9.17) is 4.74 Å². The van der Waals surface area contributed by atoms with Crippen LogP contribution in [0.4, 0.5) is 4.79 Å². The molecule has 0 aliphatic heterocycles. The Hall–Kier alpha value is -1.06. The Labute approximate surface area is 129 Å². The second-order valence-corrected chi connectivity index (χ2v) is 7.55. The van der Waals surface area contributed by atoms with Gasteiger partial charge in [-0.2, -0.15) is 0 Å². The molecular weight excluding hydrogens is 266 g/mol. The van der Waals surface area contributed by atoms with E-state index >= 15 is 0 Å². The second-order valence-electron chi connectivity index (χ2n) is 7.55. The predicted molar refractivity (Wildman–Crippen MR) is 84.2 cm³/mol. The maximum absolute atomic E-state index is 12.5. The lowest BCUT2D eigenvalue weighted by Gasteiger charge is -2.37. The first kappa shape index (κ1) is 18.0. The van der Waals surface area contributed by atoms with Gasteiger partial charge in [0, 0.05) is 6.54 Å². The molecule has 1 aliphatic rings. The van der Waals surface area contributed by atoms with Crippen molar-refractivity contribution < 1.29 is 14.3 Å². The van der Waals surface area contributed by atoms with Gasteiger partial charge in [-0.3, -0.25) is 4.90 Å². The van der Waals surface area contributed by atoms with Crippen LogP contribution < -0.4 is 0 Å². The van der Waals surface area contributed by atoms with Gasteiger partial charge in [0.25, 0.3) is 0 Å². The van der Waals surface area contributed by atoms with Crippen LogP contribution in [0.2, 0.25) is 0 Å². The summed E-state index contributed by atoms with van der Waals surface area (Å²) in [6.45, 7) is 10.2. The van der Waals surface area contributed by atoms with Crippen LogP contribution in [-0.2, 0) is 9.53 Å². The maximum Gasteiger partial charge on any atom is 0.410 e. The summed E-state index contributed by atoms with van der Waals surface area (Å²) < 4.78 is 5.50. The van der Waals surface area contributed by atoms with Crippen LogP contribution in [0.3, 0.4) is 0 Å². The van der Waals surface area contributed by atoms with Gasteiger partial charge in [0.1, 0.15) is 11.9 Å². The van der Waals surface area contributed by atoms with E-state index in [1.54, 1.807) is 4.90 Å². The van der Waals surface area contributed by atoms with Gasteiger partial charge in [-0.25, -0.2) is 4.79 Å². The SMILES string of the molecule is CC(C)CN(C(=O)OC(C)(C)C)C(C=O)C1CCCCC1. The first-order chi connectivity index (χ1) is 9.74. The van der Waals surface area contributed by atoms with E-state index in [1.807, 2.05) is 20.8 Å². The van der Waals surface area contributed by atoms with E-state index in [2.05, 4.69) is 13.8 Å². The first-order valence-electron chi connectivity index (χ1n) is 8.19. The van der Waals surface area contributed by atoms with Crippen molar-refractivity contribution in [3.05, 3.63) is 0 Å². The molecule has 0 N–H and O–H groups in total. The van der Waals surface area contributed by atoms with Crippen LogP contribution in [0.25, 0.3) is 0 Å². The highest BCUT2D eigenvalue weighted by atomic mass is 16.6. The fourth-order valence-corrected chi connectivity index (χ4v) is 2.95. The summed E-state index contributed by atoms with van der Waals surface area (Å²) in [5.41, 5.74) is -0.535. The summed E-state index contributed by atoms with van der Waals surface area (Å²) in [4.78, 5) is 25.8. The first-order valence-corrected chi connectivity index (χ1v) is 8.19. The highest BCUT2D eigenvalue weighted by Gasteiger charge is 2.34. The number of aldehydes is 1. The fraction of sp³-hybridized carbons (Fsp3) is 0.882. The van der Waals surface area contributed by atoms with Gasteiger partial charge >= 0.3 is 6.09 Å². The zero-order chi connectivity index (χ0) is 16.0. The van der Waals surface area contributed by atoms with Crippen molar-refractivity contribution >= 4 is 12.4 Å². The Morgan fingerprint density at radius 1 is 1.24 bits per heavy atom. The predicted octanol–water partition coefficient (Wildman–Crippen LogP) is 4.03. The van der Waals surface area contributed by atoms with Gasteiger partial charge in [0.15, 0.2) is 0 Å². The molecule has 1 unspecified atom stereocenters. The van der Waals surface area contributed by atoms with Gasteiger partial charge in [0.2, 0.25) is 0 Å². The van der Waals surface area contributed by atoms with Crippen LogP contribution in [-0.4, -0.2) is 35.5 Å². The standard InChI is InChI=1S/C17H31NO3/c1-13(2)11-18(16(20)21-17(3,4)5)15(12-19)14-9-7-6-8-10-14/h12-15H,6-11H2,1-5H3. The van der Waals surface area contributed by atoms with Crippen molar-refractivity contribution in [2.75, 3.05) is 6.54 Å². The van der Waals surface area contributed by atoms with E-state index < -0.39 is 5.60 Å². The third kappa shape index (κ3) is 6.06. The molecule has 122 valence electrons. The van der Waals surface area contributed by atoms with Gasteiger partial charge in [0.05, 0.1) is 6.04 Å². The zero-order valence-electron chi connectivity index (χ0n) is 14.2. The molecule has 1 amide bonds. The average molecular weight is 297 g/mol. The number of carbonyl (C=O) groups excluding carboxylic acids is 2. The van der Waals surface area contributed by atoms with E-state index in [1.165, 1.54) is 6.42 Å². The van der Waals surface area contributed by atoms with E-state index in [0.717, 1.165) is 32.0 Å². The van der Waals surface area contributed by atoms with Crippen molar-refractivity contribution in [2.24, 2.45) is 11.8 Å². The lowest BCUT2D eigenvalue weighted by molar-refractivity contribution is -0.115. The Kier molecular flexibility index (Phi) is 6.69. The summed E-state index contributed by atoms with van der Waals surface area (Å²) in [6, 6.07) is -0.345. The van der Waals surface area contributed by atoms with Gasteiger partial charge in [-0.05, 0) is 45.4 Å². The van der Waals surface area contributed by atoms with Crippen molar-refractivity contribution in [1.29, 1.82) is 0 Å². The number of amides is 1. The van der Waals surface area contributed by atoms with Gasteiger partial charge in [-0.1, -0.05) is 33.1 Å². The van der Waals surface area contributed by atoms with Crippen LogP contribution in [0.1, 0.15) is 66.7 Å². The number of rotatable bonds is 5. The van der Waals surface area contributed by atoms with Crippen molar-refractivity contribution in [3.8, 4) is 0 Å². The zero-order valence-corrected chi connectivity index (χ0v) is 14.2. The molecule has 1 atom stereocenters. The summed E-state index contributed by atoms with van der Waals surface area (Å²) in [7, 11) is 0. The molecule has 21 heavy (non-hydrogen) atoms. The van der Waals surface area contributed by atoms with Crippen molar-refractivity contribution in [2.45, 2.75) is 78.4 Å². The molecule has 1 aliphatic carbocycles. The minimum atomic E-state index is -0.535. The number of hydrogen-bond acceptors (Lipinski definition) is 3. The van der Waals surface area contributed by atoms with Crippen molar-refractivity contribution in [1.82, 2.24) is 4.90 Å². The molecule has 0 radical (unpaired) electrons. The summed E-state index contributed by atoms with van der Waals surface area (Å²) in [5.74, 6) is 0.589. The molecule has 0 spiro atoms. The maximum atomic E-state index is 12.5. The normalized spacial score (nSPS) is 18.4. The lowest BCUT2D eigenvalue weighted by atomic mass is 9.83. The van der Waals surface area contributed by atoms with E-state index in [0.29, 0.717) is 12.5 Å². The third-order valence-electron chi connectivity index (χ3n) is 3.82. The minimum absolute atomic E-state index is 0.280. The number of nitrogens with zero attached hydrogens (tertiary/aromatic N) is 1. The van der Waals surface area contributed by atoms with Gasteiger partial charge < -0.3 is 9.53 Å². The lowest BCUT2D eigenvalue weighted by Crippen LogP contribution is -2.49. The Morgan fingerprint density at radius 2 is 1.81 bits per heavy atom. The number of carbonyl (C=O) groups is 2. The minimum Gasteiger partial charge on any atom is -0.444 e. The number of ether oxygens (including phenoxy) is 1. The number of hydrogen-bond donors (Lipinski definition) is 0. The monoisotopic (exact) mass is 297 g/mol. The van der Waals surface area contributed by atoms with Crippen LogP contribution in [0.5, 0.6) is 0 Å². The molecule has 1 saturated carbocycles. The highest BCUT2D eigenvalue weighted by Crippen LogP contribution is 2.29. The van der Waals surface area contributed by atoms with Gasteiger partial charge in [-0.15, -0.1) is 0 Å². The van der Waals surface area contributed by atoms with Crippen molar-refractivity contribution in [3.63, 3.8) is 0 Å². The van der Waals surface area contributed by atoms with Crippen LogP contribution >= 0.6 is 0 Å².